The van der Waals surface area contributed by atoms with Crippen molar-refractivity contribution in [2.75, 3.05) is 26.7 Å². The Labute approximate surface area is 185 Å². The standard InChI is InChI=1S/C24H26N4O2S/c1-3-27-11-5-7-18(27)14-25-23(29)17-9-10-21-22(13-17)31-24-26-20(15-28(21)24)16-6-4-8-19(12-16)30-2/h4,6,8-10,12-13,15,18H,3,5,7,11,14H2,1-2H3,(H,25,29)/t18-/m1/s1. The van der Waals surface area contributed by atoms with Gasteiger partial charge in [0.25, 0.3) is 5.91 Å². The number of rotatable bonds is 6. The quantitative estimate of drug-likeness (QED) is 0.487. The van der Waals surface area contributed by atoms with E-state index in [4.69, 9.17) is 9.72 Å². The molecule has 1 atom stereocenters. The first-order valence-corrected chi connectivity index (χ1v) is 11.6. The van der Waals surface area contributed by atoms with Crippen molar-refractivity contribution in [1.29, 1.82) is 0 Å². The first-order valence-electron chi connectivity index (χ1n) is 10.7. The van der Waals surface area contributed by atoms with Crippen molar-refractivity contribution in [2.45, 2.75) is 25.8 Å². The molecule has 4 aromatic rings. The van der Waals surface area contributed by atoms with Gasteiger partial charge < -0.3 is 10.1 Å². The van der Waals surface area contributed by atoms with Gasteiger partial charge in [0.1, 0.15) is 5.75 Å². The molecule has 1 N–H and O–H groups in total. The van der Waals surface area contributed by atoms with Crippen molar-refractivity contribution in [2.24, 2.45) is 0 Å². The van der Waals surface area contributed by atoms with Crippen LogP contribution in [-0.2, 0) is 0 Å². The van der Waals surface area contributed by atoms with E-state index in [1.807, 2.05) is 48.7 Å². The van der Waals surface area contributed by atoms with E-state index in [0.29, 0.717) is 18.2 Å². The van der Waals surface area contributed by atoms with Gasteiger partial charge in [-0.3, -0.25) is 14.1 Å². The van der Waals surface area contributed by atoms with Crippen LogP contribution in [0.5, 0.6) is 5.75 Å². The number of fused-ring (bicyclic) bond motifs is 3. The van der Waals surface area contributed by atoms with E-state index >= 15 is 0 Å². The number of thiazole rings is 1. The molecule has 31 heavy (non-hydrogen) atoms. The Morgan fingerprint density at radius 3 is 3.03 bits per heavy atom. The number of amides is 1. The average molecular weight is 435 g/mol. The van der Waals surface area contributed by atoms with E-state index in [1.165, 1.54) is 6.42 Å². The zero-order valence-electron chi connectivity index (χ0n) is 17.8. The van der Waals surface area contributed by atoms with E-state index in [-0.39, 0.29) is 5.91 Å². The van der Waals surface area contributed by atoms with E-state index < -0.39 is 0 Å². The third kappa shape index (κ3) is 3.79. The molecule has 7 heteroatoms. The van der Waals surface area contributed by atoms with Gasteiger partial charge >= 0.3 is 0 Å². The molecular weight excluding hydrogens is 408 g/mol. The van der Waals surface area contributed by atoms with Crippen molar-refractivity contribution in [3.8, 4) is 17.0 Å². The number of carbonyl (C=O) groups is 1. The molecule has 1 saturated heterocycles. The van der Waals surface area contributed by atoms with E-state index in [0.717, 1.165) is 51.7 Å². The Morgan fingerprint density at radius 2 is 2.19 bits per heavy atom. The van der Waals surface area contributed by atoms with Crippen molar-refractivity contribution in [3.05, 3.63) is 54.2 Å². The molecule has 0 radical (unpaired) electrons. The number of nitrogens with one attached hydrogen (secondary N) is 1. The van der Waals surface area contributed by atoms with Crippen LogP contribution in [0.1, 0.15) is 30.1 Å². The molecule has 6 nitrogen and oxygen atoms in total. The Hall–Kier alpha value is -2.90. The van der Waals surface area contributed by atoms with Crippen molar-refractivity contribution >= 4 is 32.4 Å². The number of likely N-dealkylation sites (tertiary alicyclic amines) is 1. The van der Waals surface area contributed by atoms with Crippen LogP contribution < -0.4 is 10.1 Å². The summed E-state index contributed by atoms with van der Waals surface area (Å²) in [5.41, 5.74) is 3.69. The molecule has 0 bridgehead atoms. The summed E-state index contributed by atoms with van der Waals surface area (Å²) in [6.07, 6.45) is 4.42. The first-order chi connectivity index (χ1) is 15.2. The molecule has 1 fully saturated rings. The molecule has 0 saturated carbocycles. The van der Waals surface area contributed by atoms with Gasteiger partial charge in [-0.05, 0) is 56.3 Å². The number of nitrogens with zero attached hydrogens (tertiary/aromatic N) is 3. The molecular formula is C24H26N4O2S. The Bertz CT molecular complexity index is 1250. The zero-order valence-corrected chi connectivity index (χ0v) is 18.6. The fourth-order valence-corrected chi connectivity index (χ4v) is 5.47. The third-order valence-corrected chi connectivity index (χ3v) is 7.14. The molecule has 1 amide bonds. The molecule has 2 aromatic carbocycles. The molecule has 2 aromatic heterocycles. The summed E-state index contributed by atoms with van der Waals surface area (Å²) in [6.45, 7) is 5.07. The van der Waals surface area contributed by atoms with Crippen LogP contribution in [-0.4, -0.2) is 53.0 Å². The summed E-state index contributed by atoms with van der Waals surface area (Å²) in [5.74, 6) is 0.807. The minimum atomic E-state index is -0.00652. The number of aromatic nitrogens is 2. The number of hydrogen-bond acceptors (Lipinski definition) is 5. The molecule has 0 spiro atoms. The predicted molar refractivity (Wildman–Crippen MR) is 125 cm³/mol. The average Bonchev–Trinajstić information content (AvgIpc) is 3.51. The van der Waals surface area contributed by atoms with Crippen LogP contribution in [0.3, 0.4) is 0 Å². The Morgan fingerprint density at radius 1 is 1.29 bits per heavy atom. The van der Waals surface area contributed by atoms with Crippen molar-refractivity contribution in [1.82, 2.24) is 19.6 Å². The van der Waals surface area contributed by atoms with Gasteiger partial charge in [0.2, 0.25) is 0 Å². The minimum Gasteiger partial charge on any atom is -0.497 e. The summed E-state index contributed by atoms with van der Waals surface area (Å²) in [4.78, 5) is 20.9. The topological polar surface area (TPSA) is 58.9 Å². The van der Waals surface area contributed by atoms with E-state index in [2.05, 4.69) is 21.5 Å². The smallest absolute Gasteiger partial charge is 0.251 e. The van der Waals surface area contributed by atoms with Crippen LogP contribution in [0.25, 0.3) is 26.4 Å². The van der Waals surface area contributed by atoms with Gasteiger partial charge in [0.05, 0.1) is 23.0 Å². The number of carbonyl (C=O) groups excluding carboxylic acids is 1. The van der Waals surface area contributed by atoms with Crippen LogP contribution >= 0.6 is 11.3 Å². The summed E-state index contributed by atoms with van der Waals surface area (Å²) >= 11 is 1.60. The normalized spacial score (nSPS) is 16.9. The lowest BCUT2D eigenvalue weighted by molar-refractivity contribution is 0.0941. The second kappa shape index (κ2) is 8.32. The molecule has 1 aliphatic rings. The van der Waals surface area contributed by atoms with Crippen LogP contribution in [0.15, 0.2) is 48.7 Å². The fourth-order valence-electron chi connectivity index (χ4n) is 4.42. The number of methoxy groups -OCH3 is 1. The fraction of sp³-hybridized carbons (Fsp3) is 0.333. The second-order valence-corrected chi connectivity index (χ2v) is 8.94. The van der Waals surface area contributed by atoms with Gasteiger partial charge in [0.15, 0.2) is 4.96 Å². The molecule has 0 aliphatic carbocycles. The number of imidazole rings is 1. The van der Waals surface area contributed by atoms with Gasteiger partial charge in [-0.1, -0.05) is 30.4 Å². The highest BCUT2D eigenvalue weighted by atomic mass is 32.1. The SMILES string of the molecule is CCN1CCC[C@@H]1CNC(=O)c1ccc2c(c1)sc1nc(-c3cccc(OC)c3)cn12. The minimum absolute atomic E-state index is 0.00652. The van der Waals surface area contributed by atoms with Gasteiger partial charge in [0, 0.05) is 29.9 Å². The summed E-state index contributed by atoms with van der Waals surface area (Å²) in [6, 6.07) is 14.3. The second-order valence-electron chi connectivity index (χ2n) is 7.93. The highest BCUT2D eigenvalue weighted by molar-refractivity contribution is 7.23. The lowest BCUT2D eigenvalue weighted by Crippen LogP contribution is -2.40. The Balaban J connectivity index is 1.37. The lowest BCUT2D eigenvalue weighted by Gasteiger charge is -2.22. The molecule has 3 heterocycles. The van der Waals surface area contributed by atoms with Crippen LogP contribution in [0.2, 0.25) is 0 Å². The number of likely N-dealkylation sites (N-methyl/N-ethyl adjacent to an activating group) is 1. The molecule has 0 unspecified atom stereocenters. The van der Waals surface area contributed by atoms with Crippen LogP contribution in [0.4, 0.5) is 0 Å². The van der Waals surface area contributed by atoms with Crippen molar-refractivity contribution in [3.63, 3.8) is 0 Å². The van der Waals surface area contributed by atoms with Crippen LogP contribution in [0, 0.1) is 0 Å². The molecule has 160 valence electrons. The Kier molecular flexibility index (Phi) is 5.38. The molecule has 1 aliphatic heterocycles. The summed E-state index contributed by atoms with van der Waals surface area (Å²) in [5, 5.41) is 3.13. The maximum absolute atomic E-state index is 12.7. The lowest BCUT2D eigenvalue weighted by atomic mass is 10.1. The number of hydrogen-bond donors (Lipinski definition) is 1. The first kappa shape index (κ1) is 20.0. The zero-order chi connectivity index (χ0) is 21.4. The highest BCUT2D eigenvalue weighted by Gasteiger charge is 2.23. The van der Waals surface area contributed by atoms with Gasteiger partial charge in [-0.25, -0.2) is 4.98 Å². The monoisotopic (exact) mass is 434 g/mol. The van der Waals surface area contributed by atoms with E-state index in [1.54, 1.807) is 18.4 Å². The third-order valence-electron chi connectivity index (χ3n) is 6.13. The molecule has 5 rings (SSSR count). The van der Waals surface area contributed by atoms with E-state index in [9.17, 15) is 4.79 Å². The predicted octanol–water partition coefficient (Wildman–Crippen LogP) is 4.44. The number of ether oxygens (including phenoxy) is 1. The highest BCUT2D eigenvalue weighted by Crippen LogP contribution is 2.31. The van der Waals surface area contributed by atoms with Gasteiger partial charge in [-0.2, -0.15) is 0 Å². The number of benzene rings is 2. The summed E-state index contributed by atoms with van der Waals surface area (Å²) in [7, 11) is 1.67. The van der Waals surface area contributed by atoms with Gasteiger partial charge in [-0.15, -0.1) is 0 Å². The maximum atomic E-state index is 12.7. The summed E-state index contributed by atoms with van der Waals surface area (Å²) < 4.78 is 8.48. The largest absolute Gasteiger partial charge is 0.497 e. The maximum Gasteiger partial charge on any atom is 0.251 e. The van der Waals surface area contributed by atoms with Crippen molar-refractivity contribution < 1.29 is 9.53 Å².